The summed E-state index contributed by atoms with van der Waals surface area (Å²) in [5.74, 6) is -1.07. The number of anilines is 1. The fourth-order valence-corrected chi connectivity index (χ4v) is 5.63. The van der Waals surface area contributed by atoms with Gasteiger partial charge >= 0.3 is 6.03 Å². The summed E-state index contributed by atoms with van der Waals surface area (Å²) >= 11 is 1.31. The average molecular weight is 494 g/mol. The molecule has 1 aliphatic heterocycles. The number of rotatable bonds is 6. The number of urea groups is 1. The third-order valence-electron chi connectivity index (χ3n) is 5.39. The van der Waals surface area contributed by atoms with Gasteiger partial charge < -0.3 is 10.6 Å². The van der Waals surface area contributed by atoms with Crippen molar-refractivity contribution < 1.29 is 22.8 Å². The first-order valence-electron chi connectivity index (χ1n) is 10.3. The van der Waals surface area contributed by atoms with Crippen LogP contribution in [0, 0.1) is 0 Å². The first-order valence-corrected chi connectivity index (χ1v) is 12.6. The molecule has 1 aliphatic rings. The quantitative estimate of drug-likeness (QED) is 0.562. The Kier molecular flexibility index (Phi) is 7.52. The monoisotopic (exact) mass is 493 g/mol. The second kappa shape index (κ2) is 10.00. The molecule has 33 heavy (non-hydrogen) atoms. The Hall–Kier alpha value is -2.80. The Balaban J connectivity index is 1.91. The number of nitrogens with one attached hydrogen (secondary N) is 3. The summed E-state index contributed by atoms with van der Waals surface area (Å²) in [4.78, 5) is 40.7. The molecule has 2 aromatic rings. The molecule has 0 radical (unpaired) electrons. The maximum atomic E-state index is 12.9. The van der Waals surface area contributed by atoms with Crippen LogP contribution in [-0.4, -0.2) is 69.7 Å². The summed E-state index contributed by atoms with van der Waals surface area (Å²) in [6, 6.07) is 4.93. The van der Waals surface area contributed by atoms with Gasteiger partial charge in [0.1, 0.15) is 5.00 Å². The van der Waals surface area contributed by atoms with Gasteiger partial charge in [-0.1, -0.05) is 6.92 Å². The summed E-state index contributed by atoms with van der Waals surface area (Å²) in [5, 5.41) is 7.76. The minimum absolute atomic E-state index is 0.0703. The Morgan fingerprint density at radius 1 is 1.12 bits per heavy atom. The lowest BCUT2D eigenvalue weighted by Crippen LogP contribution is -2.38. The van der Waals surface area contributed by atoms with Gasteiger partial charge in [-0.15, -0.1) is 11.3 Å². The maximum absolute atomic E-state index is 12.9. The van der Waals surface area contributed by atoms with Crippen molar-refractivity contribution in [2.45, 2.75) is 24.8 Å². The van der Waals surface area contributed by atoms with Crippen LogP contribution in [0.1, 0.15) is 38.1 Å². The van der Waals surface area contributed by atoms with Crippen LogP contribution in [0.25, 0.3) is 0 Å². The fourth-order valence-electron chi connectivity index (χ4n) is 3.45. The molecule has 0 saturated carbocycles. The lowest BCUT2D eigenvalue weighted by Gasteiger charge is -2.25. The highest BCUT2D eigenvalue weighted by Gasteiger charge is 2.29. The van der Waals surface area contributed by atoms with E-state index in [2.05, 4.69) is 27.8 Å². The fraction of sp³-hybridized carbons (Fsp3) is 0.381. The van der Waals surface area contributed by atoms with E-state index in [9.17, 15) is 22.8 Å². The van der Waals surface area contributed by atoms with Crippen molar-refractivity contribution in [3.8, 4) is 0 Å². The predicted octanol–water partition coefficient (Wildman–Crippen LogP) is 1.70. The number of benzene rings is 1. The van der Waals surface area contributed by atoms with Crippen molar-refractivity contribution in [1.29, 1.82) is 0 Å². The molecule has 4 amide bonds. The first-order chi connectivity index (χ1) is 15.6. The molecule has 0 saturated heterocycles. The van der Waals surface area contributed by atoms with E-state index in [-0.39, 0.29) is 16.0 Å². The van der Waals surface area contributed by atoms with Crippen LogP contribution in [0.3, 0.4) is 0 Å². The summed E-state index contributed by atoms with van der Waals surface area (Å²) in [6.45, 7) is 4.35. The van der Waals surface area contributed by atoms with Crippen molar-refractivity contribution >= 4 is 44.2 Å². The molecule has 3 N–H and O–H groups in total. The van der Waals surface area contributed by atoms with E-state index in [1.807, 2.05) is 0 Å². The predicted molar refractivity (Wildman–Crippen MR) is 126 cm³/mol. The second-order valence-corrected chi connectivity index (χ2v) is 10.9. The Labute approximate surface area is 197 Å². The highest BCUT2D eigenvalue weighted by Crippen LogP contribution is 2.37. The molecule has 0 atom stereocenters. The van der Waals surface area contributed by atoms with E-state index < -0.39 is 27.9 Å². The molecule has 3 rings (SSSR count). The number of imide groups is 1. The number of nitrogens with zero attached hydrogens (tertiary/aromatic N) is 2. The number of amides is 4. The van der Waals surface area contributed by atoms with Crippen LogP contribution in [-0.2, 0) is 23.0 Å². The van der Waals surface area contributed by atoms with Gasteiger partial charge in [-0.2, -0.15) is 0 Å². The van der Waals surface area contributed by atoms with Crippen LogP contribution >= 0.6 is 11.3 Å². The molecule has 2 heterocycles. The van der Waals surface area contributed by atoms with E-state index in [1.54, 1.807) is 0 Å². The second-order valence-electron chi connectivity index (χ2n) is 7.63. The van der Waals surface area contributed by atoms with Crippen LogP contribution in [0.15, 0.2) is 29.2 Å². The van der Waals surface area contributed by atoms with Crippen LogP contribution in [0.2, 0.25) is 0 Å². The van der Waals surface area contributed by atoms with E-state index in [1.165, 1.54) is 56.7 Å². The Morgan fingerprint density at radius 2 is 1.79 bits per heavy atom. The van der Waals surface area contributed by atoms with Crippen LogP contribution < -0.4 is 16.0 Å². The lowest BCUT2D eigenvalue weighted by molar-refractivity contribution is 0.0964. The van der Waals surface area contributed by atoms with Crippen molar-refractivity contribution in [3.05, 3.63) is 45.8 Å². The standard InChI is InChI=1S/C21H27N5O5S2/c1-5-26-11-10-15-16(12-26)32-20(17(15)19(28)24-21(29)22-2)23-18(27)13-6-8-14(9-7-13)33(30,31)25(3)4/h6-9H,5,10-12H2,1-4H3,(H,23,27)(H2,22,24,28,29). The number of hydrogen-bond donors (Lipinski definition) is 3. The van der Waals surface area contributed by atoms with Crippen molar-refractivity contribution in [2.75, 3.05) is 39.5 Å². The van der Waals surface area contributed by atoms with Gasteiger partial charge in [0, 0.05) is 44.7 Å². The maximum Gasteiger partial charge on any atom is 0.321 e. The average Bonchev–Trinajstić information content (AvgIpc) is 3.15. The zero-order valence-corrected chi connectivity index (χ0v) is 20.5. The van der Waals surface area contributed by atoms with Gasteiger partial charge in [-0.25, -0.2) is 17.5 Å². The molecule has 0 aliphatic carbocycles. The zero-order chi connectivity index (χ0) is 24.3. The minimum atomic E-state index is -3.61. The number of hydrogen-bond acceptors (Lipinski definition) is 7. The number of carbonyl (C=O) groups excluding carboxylic acids is 3. The van der Waals surface area contributed by atoms with Gasteiger partial charge in [0.25, 0.3) is 11.8 Å². The smallest absolute Gasteiger partial charge is 0.321 e. The molecule has 10 nitrogen and oxygen atoms in total. The van der Waals surface area contributed by atoms with Gasteiger partial charge in [-0.3, -0.25) is 19.8 Å². The molecule has 0 fully saturated rings. The molecular weight excluding hydrogens is 466 g/mol. The highest BCUT2D eigenvalue weighted by molar-refractivity contribution is 7.89. The van der Waals surface area contributed by atoms with E-state index >= 15 is 0 Å². The summed E-state index contributed by atoms with van der Waals surface area (Å²) in [6.07, 6.45) is 0.628. The third kappa shape index (κ3) is 5.24. The highest BCUT2D eigenvalue weighted by atomic mass is 32.2. The van der Waals surface area contributed by atoms with Crippen molar-refractivity contribution in [3.63, 3.8) is 0 Å². The molecule has 0 spiro atoms. The zero-order valence-electron chi connectivity index (χ0n) is 18.9. The van der Waals surface area contributed by atoms with E-state index in [0.717, 1.165) is 27.8 Å². The van der Waals surface area contributed by atoms with E-state index in [4.69, 9.17) is 0 Å². The number of sulfonamides is 1. The van der Waals surface area contributed by atoms with Crippen LogP contribution in [0.4, 0.5) is 9.80 Å². The SMILES string of the molecule is CCN1CCc2c(sc(NC(=O)c3ccc(S(=O)(=O)N(C)C)cc3)c2C(=O)NC(=O)NC)C1. The molecule has 12 heteroatoms. The van der Waals surface area contributed by atoms with E-state index in [0.29, 0.717) is 18.0 Å². The first kappa shape index (κ1) is 24.8. The Bertz CT molecular complexity index is 1170. The molecule has 1 aromatic carbocycles. The minimum Gasteiger partial charge on any atom is -0.341 e. The van der Waals surface area contributed by atoms with Gasteiger partial charge in [0.15, 0.2) is 0 Å². The Morgan fingerprint density at radius 3 is 2.36 bits per heavy atom. The molecule has 1 aromatic heterocycles. The summed E-state index contributed by atoms with van der Waals surface area (Å²) in [5.41, 5.74) is 1.36. The van der Waals surface area contributed by atoms with Gasteiger partial charge in [-0.05, 0) is 42.8 Å². The number of likely N-dealkylation sites (N-methyl/N-ethyl adjacent to an activating group) is 1. The summed E-state index contributed by atoms with van der Waals surface area (Å²) in [7, 11) is 0.659. The normalized spacial score (nSPS) is 14.0. The third-order valence-corrected chi connectivity index (χ3v) is 8.35. The van der Waals surface area contributed by atoms with Gasteiger partial charge in [0.05, 0.1) is 10.5 Å². The van der Waals surface area contributed by atoms with Crippen molar-refractivity contribution in [2.24, 2.45) is 0 Å². The number of thiophene rings is 1. The summed E-state index contributed by atoms with van der Waals surface area (Å²) < 4.78 is 25.6. The lowest BCUT2D eigenvalue weighted by atomic mass is 10.0. The number of carbonyl (C=O) groups is 3. The number of fused-ring (bicyclic) bond motifs is 1. The molecule has 0 bridgehead atoms. The molecule has 178 valence electrons. The molecule has 0 unspecified atom stereocenters. The largest absolute Gasteiger partial charge is 0.341 e. The van der Waals surface area contributed by atoms with Crippen LogP contribution in [0.5, 0.6) is 0 Å². The topological polar surface area (TPSA) is 128 Å². The van der Waals surface area contributed by atoms with Crippen molar-refractivity contribution in [1.82, 2.24) is 19.8 Å². The van der Waals surface area contributed by atoms with Gasteiger partial charge in [0.2, 0.25) is 10.0 Å². The molecular formula is C21H27N5O5S2.